The Morgan fingerprint density at radius 3 is 3.20 bits per heavy atom. The quantitative estimate of drug-likeness (QED) is 0.610. The summed E-state index contributed by atoms with van der Waals surface area (Å²) in [6.07, 6.45) is 3.84. The fourth-order valence-electron chi connectivity index (χ4n) is 1.13. The Kier molecular flexibility index (Phi) is 3.18. The molecule has 0 aromatic carbocycles. The Balaban J connectivity index is 2.35. The van der Waals surface area contributed by atoms with E-state index in [9.17, 15) is 0 Å². The van der Waals surface area contributed by atoms with Gasteiger partial charge in [0, 0.05) is 0 Å². The molecule has 0 aliphatic heterocycles. The number of nitrogens with zero attached hydrogens (tertiary/aromatic N) is 2. The Labute approximate surface area is 96.4 Å². The van der Waals surface area contributed by atoms with Crippen molar-refractivity contribution < 1.29 is 4.74 Å². The molecule has 2 aromatic rings. The van der Waals surface area contributed by atoms with Crippen LogP contribution in [0.15, 0.2) is 23.6 Å². The molecule has 0 atom stereocenters. The zero-order chi connectivity index (χ0) is 10.7. The molecule has 2 aromatic heterocycles. The van der Waals surface area contributed by atoms with Gasteiger partial charge in [-0.2, -0.15) is 4.98 Å². The van der Waals surface area contributed by atoms with Gasteiger partial charge in [0.2, 0.25) is 11.2 Å². The molecule has 0 bridgehead atoms. The Morgan fingerprint density at radius 1 is 1.53 bits per heavy atom. The van der Waals surface area contributed by atoms with Crippen molar-refractivity contribution >= 4 is 33.2 Å². The second-order valence-corrected chi connectivity index (χ2v) is 4.07. The van der Waals surface area contributed by atoms with Crippen LogP contribution in [-0.4, -0.2) is 16.6 Å². The van der Waals surface area contributed by atoms with E-state index >= 15 is 0 Å². The van der Waals surface area contributed by atoms with Crippen LogP contribution in [0.5, 0.6) is 5.88 Å². The number of halogens is 1. The minimum atomic E-state index is 0.219. The molecule has 3 nitrogen and oxygen atoms in total. The van der Waals surface area contributed by atoms with Gasteiger partial charge in [0.25, 0.3) is 0 Å². The molecule has 0 saturated heterocycles. The smallest absolute Gasteiger partial charge is 0.236 e. The van der Waals surface area contributed by atoms with E-state index in [0.717, 1.165) is 10.2 Å². The van der Waals surface area contributed by atoms with Crippen molar-refractivity contribution in [3.05, 3.63) is 28.9 Å². The molecule has 78 valence electrons. The fraction of sp³-hybridized carbons (Fsp3) is 0.200. The summed E-state index contributed by atoms with van der Waals surface area (Å²) in [7, 11) is 0. The van der Waals surface area contributed by atoms with E-state index in [4.69, 9.17) is 16.3 Å². The molecule has 0 fully saturated rings. The van der Waals surface area contributed by atoms with Crippen LogP contribution in [0.3, 0.4) is 0 Å². The molecule has 0 unspecified atom stereocenters. The summed E-state index contributed by atoms with van der Waals surface area (Å²) in [5.41, 5.74) is 0.829. The first kappa shape index (κ1) is 10.4. The largest absolute Gasteiger partial charge is 0.472 e. The third-order valence-corrected chi connectivity index (χ3v) is 2.86. The zero-order valence-electron chi connectivity index (χ0n) is 8.11. The maximum absolute atomic E-state index is 5.78. The van der Waals surface area contributed by atoms with E-state index in [1.54, 1.807) is 11.3 Å². The van der Waals surface area contributed by atoms with Gasteiger partial charge in [0.1, 0.15) is 11.3 Å². The highest BCUT2D eigenvalue weighted by Crippen LogP contribution is 2.28. The topological polar surface area (TPSA) is 35.0 Å². The van der Waals surface area contributed by atoms with Crippen LogP contribution >= 0.6 is 22.9 Å². The molecule has 0 N–H and O–H groups in total. The summed E-state index contributed by atoms with van der Waals surface area (Å²) in [4.78, 5) is 8.15. The molecule has 0 amide bonds. The van der Waals surface area contributed by atoms with Crippen molar-refractivity contribution in [1.29, 1.82) is 0 Å². The van der Waals surface area contributed by atoms with Gasteiger partial charge < -0.3 is 4.74 Å². The fourth-order valence-corrected chi connectivity index (χ4v) is 2.07. The lowest BCUT2D eigenvalue weighted by Gasteiger charge is -2.02. The Bertz CT molecular complexity index is 495. The van der Waals surface area contributed by atoms with Crippen molar-refractivity contribution in [1.82, 2.24) is 9.97 Å². The Hall–Kier alpha value is -1.13. The number of aromatic nitrogens is 2. The van der Waals surface area contributed by atoms with Crippen LogP contribution in [0.2, 0.25) is 5.28 Å². The Morgan fingerprint density at radius 2 is 2.40 bits per heavy atom. The SMILES string of the molecule is C/C=C/COc1nc(Cl)nc2ccsc12. The van der Waals surface area contributed by atoms with Gasteiger partial charge in [-0.05, 0) is 30.0 Å². The van der Waals surface area contributed by atoms with Crippen molar-refractivity contribution in [2.45, 2.75) is 6.92 Å². The van der Waals surface area contributed by atoms with E-state index in [0.29, 0.717) is 12.5 Å². The molecule has 15 heavy (non-hydrogen) atoms. The highest BCUT2D eigenvalue weighted by atomic mass is 35.5. The molecular weight excluding hydrogens is 232 g/mol. The number of hydrogen-bond donors (Lipinski definition) is 0. The highest BCUT2D eigenvalue weighted by molar-refractivity contribution is 7.17. The summed E-state index contributed by atoms with van der Waals surface area (Å²) in [6, 6.07) is 1.90. The third kappa shape index (κ3) is 2.27. The number of allylic oxidation sites excluding steroid dienone is 1. The lowest BCUT2D eigenvalue weighted by atomic mass is 10.5. The van der Waals surface area contributed by atoms with E-state index in [2.05, 4.69) is 9.97 Å². The molecule has 0 aliphatic carbocycles. The van der Waals surface area contributed by atoms with Gasteiger partial charge in [-0.1, -0.05) is 12.2 Å². The predicted molar refractivity (Wildman–Crippen MR) is 62.7 cm³/mol. The minimum absolute atomic E-state index is 0.219. The zero-order valence-corrected chi connectivity index (χ0v) is 9.68. The normalized spacial score (nSPS) is 11.3. The molecule has 5 heteroatoms. The second-order valence-electron chi connectivity index (χ2n) is 2.81. The summed E-state index contributed by atoms with van der Waals surface area (Å²) in [6.45, 7) is 2.44. The van der Waals surface area contributed by atoms with Crippen molar-refractivity contribution in [2.24, 2.45) is 0 Å². The second kappa shape index (κ2) is 4.59. The van der Waals surface area contributed by atoms with Gasteiger partial charge in [-0.3, -0.25) is 0 Å². The van der Waals surface area contributed by atoms with Crippen LogP contribution in [-0.2, 0) is 0 Å². The van der Waals surface area contributed by atoms with E-state index in [-0.39, 0.29) is 5.28 Å². The lowest BCUT2D eigenvalue weighted by Crippen LogP contribution is -1.97. The number of ether oxygens (including phenoxy) is 1. The van der Waals surface area contributed by atoms with Gasteiger partial charge in [-0.15, -0.1) is 11.3 Å². The molecule has 0 aliphatic rings. The van der Waals surface area contributed by atoms with Crippen molar-refractivity contribution in [2.75, 3.05) is 6.61 Å². The van der Waals surface area contributed by atoms with Crippen LogP contribution in [0.1, 0.15) is 6.92 Å². The summed E-state index contributed by atoms with van der Waals surface area (Å²) in [5, 5.41) is 2.16. The first-order chi connectivity index (χ1) is 7.31. The van der Waals surface area contributed by atoms with Crippen LogP contribution in [0.4, 0.5) is 0 Å². The van der Waals surface area contributed by atoms with E-state index < -0.39 is 0 Å². The monoisotopic (exact) mass is 240 g/mol. The third-order valence-electron chi connectivity index (χ3n) is 1.80. The molecule has 0 saturated carbocycles. The molecule has 0 radical (unpaired) electrons. The standard InChI is InChI=1S/C10H9ClN2OS/c1-2-3-5-14-9-8-7(4-6-15-8)12-10(11)13-9/h2-4,6H,5H2,1H3/b3-2+. The van der Waals surface area contributed by atoms with Crippen LogP contribution < -0.4 is 4.74 Å². The average Bonchev–Trinajstić information content (AvgIpc) is 2.65. The van der Waals surface area contributed by atoms with Crippen molar-refractivity contribution in [3.63, 3.8) is 0 Å². The highest BCUT2D eigenvalue weighted by Gasteiger charge is 2.08. The summed E-state index contributed by atoms with van der Waals surface area (Å²) in [5.74, 6) is 0.554. The van der Waals surface area contributed by atoms with Gasteiger partial charge >= 0.3 is 0 Å². The van der Waals surface area contributed by atoms with Crippen molar-refractivity contribution in [3.8, 4) is 5.88 Å². The molecule has 0 spiro atoms. The van der Waals surface area contributed by atoms with Gasteiger partial charge in [0.05, 0.1) is 5.52 Å². The minimum Gasteiger partial charge on any atom is -0.472 e. The maximum Gasteiger partial charge on any atom is 0.236 e. The number of fused-ring (bicyclic) bond motifs is 1. The van der Waals surface area contributed by atoms with Gasteiger partial charge in [-0.25, -0.2) is 4.98 Å². The summed E-state index contributed by atoms with van der Waals surface area (Å²) < 4.78 is 6.42. The average molecular weight is 241 g/mol. The number of hydrogen-bond acceptors (Lipinski definition) is 4. The van der Waals surface area contributed by atoms with E-state index in [1.165, 1.54) is 0 Å². The first-order valence-electron chi connectivity index (χ1n) is 4.46. The molecule has 2 rings (SSSR count). The van der Waals surface area contributed by atoms with Gasteiger partial charge in [0.15, 0.2) is 0 Å². The van der Waals surface area contributed by atoms with E-state index in [1.807, 2.05) is 30.5 Å². The predicted octanol–water partition coefficient (Wildman–Crippen LogP) is 3.30. The van der Waals surface area contributed by atoms with Crippen LogP contribution in [0.25, 0.3) is 10.2 Å². The number of rotatable bonds is 3. The maximum atomic E-state index is 5.78. The molecule has 2 heterocycles. The summed E-state index contributed by atoms with van der Waals surface area (Å²) >= 11 is 7.33. The lowest BCUT2D eigenvalue weighted by molar-refractivity contribution is 0.353. The van der Waals surface area contributed by atoms with Crippen LogP contribution in [0, 0.1) is 0 Å². The first-order valence-corrected chi connectivity index (χ1v) is 5.71. The molecular formula is C10H9ClN2OS. The number of thiophene rings is 1.